The molecule has 0 aliphatic heterocycles. The van der Waals surface area contributed by atoms with Crippen LogP contribution in [0.4, 0.5) is 0 Å². The summed E-state index contributed by atoms with van der Waals surface area (Å²) in [7, 11) is 0. The minimum absolute atomic E-state index is 0.257. The average Bonchev–Trinajstić information content (AvgIpc) is 2.81. The Balaban J connectivity index is 2.43. The van der Waals surface area contributed by atoms with E-state index in [1.165, 1.54) is 12.8 Å². The van der Waals surface area contributed by atoms with Crippen molar-refractivity contribution >= 4 is 5.91 Å². The van der Waals surface area contributed by atoms with Crippen molar-refractivity contribution in [1.82, 2.24) is 4.90 Å². The van der Waals surface area contributed by atoms with Gasteiger partial charge in [-0.3, -0.25) is 4.79 Å². The number of carbonyl (C=O) groups excluding carboxylic acids is 1. The van der Waals surface area contributed by atoms with Gasteiger partial charge in [0, 0.05) is 19.0 Å². The van der Waals surface area contributed by atoms with Gasteiger partial charge < -0.3 is 4.90 Å². The Bertz CT molecular complexity index is 161. The van der Waals surface area contributed by atoms with Gasteiger partial charge in [-0.25, -0.2) is 0 Å². The zero-order valence-electron chi connectivity index (χ0n) is 7.05. The van der Waals surface area contributed by atoms with E-state index in [2.05, 4.69) is 6.58 Å². The molecule has 0 saturated heterocycles. The minimum Gasteiger partial charge on any atom is -0.336 e. The molecule has 0 radical (unpaired) electrons. The van der Waals surface area contributed by atoms with Crippen LogP contribution in [0.25, 0.3) is 0 Å². The predicted molar refractivity (Wildman–Crippen MR) is 45.2 cm³/mol. The molecule has 1 rings (SSSR count). The van der Waals surface area contributed by atoms with Gasteiger partial charge in [-0.15, -0.1) is 6.58 Å². The summed E-state index contributed by atoms with van der Waals surface area (Å²) in [6, 6.07) is 0.528. The molecule has 0 heterocycles. The Morgan fingerprint density at radius 1 is 1.73 bits per heavy atom. The van der Waals surface area contributed by atoms with Crippen LogP contribution in [0.5, 0.6) is 0 Å². The highest BCUT2D eigenvalue weighted by Gasteiger charge is 2.30. The summed E-state index contributed by atoms with van der Waals surface area (Å²) in [6.45, 7) is 6.26. The highest BCUT2D eigenvalue weighted by atomic mass is 16.2. The highest BCUT2D eigenvalue weighted by molar-refractivity contribution is 5.76. The molecule has 0 bridgehead atoms. The van der Waals surface area contributed by atoms with Gasteiger partial charge >= 0.3 is 0 Å². The van der Waals surface area contributed by atoms with E-state index in [1.54, 1.807) is 6.08 Å². The minimum atomic E-state index is 0.257. The summed E-state index contributed by atoms with van der Waals surface area (Å²) in [5.41, 5.74) is 0. The topological polar surface area (TPSA) is 20.3 Å². The molecule has 1 aliphatic rings. The van der Waals surface area contributed by atoms with Crippen molar-refractivity contribution < 1.29 is 4.79 Å². The Kier molecular flexibility index (Phi) is 2.69. The molecule has 1 amide bonds. The number of carbonyl (C=O) groups is 1. The van der Waals surface area contributed by atoms with Gasteiger partial charge in [0.05, 0.1) is 0 Å². The quantitative estimate of drug-likeness (QED) is 0.561. The predicted octanol–water partition coefficient (Wildman–Crippen LogP) is 1.57. The SMILES string of the molecule is C=CCN(C(=O)CC)C1CC1. The Hall–Kier alpha value is -0.790. The van der Waals surface area contributed by atoms with Crippen LogP contribution in [0.3, 0.4) is 0 Å². The number of rotatable bonds is 4. The lowest BCUT2D eigenvalue weighted by atomic mass is 10.3. The molecule has 62 valence electrons. The van der Waals surface area contributed by atoms with E-state index in [9.17, 15) is 4.79 Å². The van der Waals surface area contributed by atoms with Gasteiger partial charge in [0.25, 0.3) is 0 Å². The number of nitrogens with zero attached hydrogens (tertiary/aromatic N) is 1. The Morgan fingerprint density at radius 3 is 2.73 bits per heavy atom. The third-order valence-electron chi connectivity index (χ3n) is 1.94. The number of amides is 1. The molecule has 0 spiro atoms. The van der Waals surface area contributed by atoms with Gasteiger partial charge in [0.15, 0.2) is 0 Å². The maximum absolute atomic E-state index is 11.3. The van der Waals surface area contributed by atoms with Crippen molar-refractivity contribution in [3.05, 3.63) is 12.7 Å². The summed E-state index contributed by atoms with van der Waals surface area (Å²) >= 11 is 0. The maximum atomic E-state index is 11.3. The number of hydrogen-bond donors (Lipinski definition) is 0. The third-order valence-corrected chi connectivity index (χ3v) is 1.94. The van der Waals surface area contributed by atoms with E-state index in [-0.39, 0.29) is 5.91 Å². The van der Waals surface area contributed by atoms with Crippen molar-refractivity contribution in [1.29, 1.82) is 0 Å². The lowest BCUT2D eigenvalue weighted by Crippen LogP contribution is -2.32. The lowest BCUT2D eigenvalue weighted by molar-refractivity contribution is -0.130. The van der Waals surface area contributed by atoms with Crippen LogP contribution in [-0.2, 0) is 4.79 Å². The van der Waals surface area contributed by atoms with Gasteiger partial charge in [0.1, 0.15) is 0 Å². The van der Waals surface area contributed by atoms with E-state index in [0.717, 1.165) is 6.54 Å². The first-order valence-corrected chi connectivity index (χ1v) is 4.20. The largest absolute Gasteiger partial charge is 0.336 e. The standard InChI is InChI=1S/C9H15NO/c1-3-7-10(8-5-6-8)9(11)4-2/h3,8H,1,4-7H2,2H3. The zero-order chi connectivity index (χ0) is 8.27. The smallest absolute Gasteiger partial charge is 0.222 e. The molecule has 0 N–H and O–H groups in total. The molecule has 0 aromatic carbocycles. The van der Waals surface area contributed by atoms with Crippen LogP contribution >= 0.6 is 0 Å². The van der Waals surface area contributed by atoms with Crippen LogP contribution in [-0.4, -0.2) is 23.4 Å². The fourth-order valence-electron chi connectivity index (χ4n) is 1.18. The van der Waals surface area contributed by atoms with Crippen LogP contribution in [0.15, 0.2) is 12.7 Å². The fraction of sp³-hybridized carbons (Fsp3) is 0.667. The van der Waals surface area contributed by atoms with Crippen molar-refractivity contribution in [3.63, 3.8) is 0 Å². The van der Waals surface area contributed by atoms with Crippen LogP contribution in [0, 0.1) is 0 Å². The summed E-state index contributed by atoms with van der Waals surface area (Å²) < 4.78 is 0. The zero-order valence-corrected chi connectivity index (χ0v) is 7.05. The second kappa shape index (κ2) is 3.56. The summed E-state index contributed by atoms with van der Waals surface area (Å²) in [6.07, 6.45) is 4.77. The third kappa shape index (κ3) is 2.07. The average molecular weight is 153 g/mol. The number of hydrogen-bond acceptors (Lipinski definition) is 1. The summed E-state index contributed by atoms with van der Waals surface area (Å²) in [5, 5.41) is 0. The van der Waals surface area contributed by atoms with Crippen molar-refractivity contribution in [2.45, 2.75) is 32.2 Å². The van der Waals surface area contributed by atoms with E-state index < -0.39 is 0 Å². The molecule has 0 atom stereocenters. The van der Waals surface area contributed by atoms with E-state index >= 15 is 0 Å². The molecular formula is C9H15NO. The summed E-state index contributed by atoms with van der Waals surface area (Å²) in [4.78, 5) is 13.2. The molecule has 2 heteroatoms. The summed E-state index contributed by atoms with van der Waals surface area (Å²) in [5.74, 6) is 0.257. The van der Waals surface area contributed by atoms with Crippen molar-refractivity contribution in [3.8, 4) is 0 Å². The maximum Gasteiger partial charge on any atom is 0.222 e. The second-order valence-electron chi connectivity index (χ2n) is 2.92. The van der Waals surface area contributed by atoms with Crippen LogP contribution in [0.2, 0.25) is 0 Å². The van der Waals surface area contributed by atoms with Crippen molar-refractivity contribution in [2.24, 2.45) is 0 Å². The molecular weight excluding hydrogens is 138 g/mol. The molecule has 1 aliphatic carbocycles. The first kappa shape index (κ1) is 8.31. The van der Waals surface area contributed by atoms with E-state index in [4.69, 9.17) is 0 Å². The Morgan fingerprint density at radius 2 is 2.36 bits per heavy atom. The molecule has 2 nitrogen and oxygen atoms in total. The van der Waals surface area contributed by atoms with Gasteiger partial charge in [-0.05, 0) is 12.8 Å². The molecule has 1 saturated carbocycles. The molecule has 11 heavy (non-hydrogen) atoms. The second-order valence-corrected chi connectivity index (χ2v) is 2.92. The molecule has 0 aromatic heterocycles. The normalized spacial score (nSPS) is 16.1. The monoisotopic (exact) mass is 153 g/mol. The van der Waals surface area contributed by atoms with Crippen molar-refractivity contribution in [2.75, 3.05) is 6.54 Å². The lowest BCUT2D eigenvalue weighted by Gasteiger charge is -2.19. The van der Waals surface area contributed by atoms with Gasteiger partial charge in [-0.1, -0.05) is 13.0 Å². The molecule has 0 aromatic rings. The van der Waals surface area contributed by atoms with Gasteiger partial charge in [0.2, 0.25) is 5.91 Å². The highest BCUT2D eigenvalue weighted by Crippen LogP contribution is 2.26. The van der Waals surface area contributed by atoms with E-state index in [1.807, 2.05) is 11.8 Å². The van der Waals surface area contributed by atoms with Crippen LogP contribution in [0.1, 0.15) is 26.2 Å². The Labute approximate surface area is 67.9 Å². The first-order chi connectivity index (χ1) is 5.29. The molecule has 1 fully saturated rings. The molecule has 0 unspecified atom stereocenters. The van der Waals surface area contributed by atoms with Gasteiger partial charge in [-0.2, -0.15) is 0 Å². The van der Waals surface area contributed by atoms with E-state index in [0.29, 0.717) is 12.5 Å². The first-order valence-electron chi connectivity index (χ1n) is 4.20. The van der Waals surface area contributed by atoms with Crippen LogP contribution < -0.4 is 0 Å². The fourth-order valence-corrected chi connectivity index (χ4v) is 1.18.